The first kappa shape index (κ1) is 14.3. The summed E-state index contributed by atoms with van der Waals surface area (Å²) in [5.74, 6) is -0.463. The molecule has 0 radical (unpaired) electrons. The van der Waals surface area contributed by atoms with E-state index >= 15 is 0 Å². The first-order valence-corrected chi connectivity index (χ1v) is 6.93. The molecule has 20 heavy (non-hydrogen) atoms. The third-order valence-corrected chi connectivity index (χ3v) is 3.72. The molecule has 0 aliphatic rings. The first-order chi connectivity index (χ1) is 9.58. The summed E-state index contributed by atoms with van der Waals surface area (Å²) in [7, 11) is 1.33. The van der Waals surface area contributed by atoms with E-state index in [1.54, 1.807) is 35.6 Å². The number of thiophene rings is 1. The molecule has 2 rings (SSSR count). The molecule has 1 amide bonds. The fraction of sp³-hybridized carbons (Fsp3) is 0.200. The third-order valence-electron chi connectivity index (χ3n) is 2.72. The van der Waals surface area contributed by atoms with Crippen molar-refractivity contribution in [2.24, 2.45) is 0 Å². The Morgan fingerprint density at radius 3 is 2.40 bits per heavy atom. The number of esters is 1. The van der Waals surface area contributed by atoms with Crippen molar-refractivity contribution in [1.82, 2.24) is 0 Å². The minimum Gasteiger partial charge on any atom is -0.465 e. The molecule has 104 valence electrons. The number of amides is 1. The van der Waals surface area contributed by atoms with Gasteiger partial charge in [0.2, 0.25) is 5.91 Å². The molecule has 0 atom stereocenters. The van der Waals surface area contributed by atoms with Crippen LogP contribution in [0.15, 0.2) is 36.4 Å². The largest absolute Gasteiger partial charge is 0.465 e. The molecule has 2 aromatic rings. The predicted octanol–water partition coefficient (Wildman–Crippen LogP) is 3.02. The maximum Gasteiger partial charge on any atom is 0.337 e. The van der Waals surface area contributed by atoms with Gasteiger partial charge in [-0.25, -0.2) is 4.79 Å². The molecule has 0 saturated carbocycles. The number of aryl methyl sites for hydroxylation is 1. The Kier molecular flexibility index (Phi) is 4.53. The smallest absolute Gasteiger partial charge is 0.337 e. The van der Waals surface area contributed by atoms with Crippen LogP contribution in [0.4, 0.5) is 5.69 Å². The number of benzene rings is 1. The zero-order valence-electron chi connectivity index (χ0n) is 11.3. The lowest BCUT2D eigenvalue weighted by molar-refractivity contribution is -0.115. The summed E-state index contributed by atoms with van der Waals surface area (Å²) in [6.07, 6.45) is 0.358. The van der Waals surface area contributed by atoms with Gasteiger partial charge in [-0.05, 0) is 43.3 Å². The standard InChI is InChI=1S/C15H15NO3S/c1-10-3-8-13(20-10)9-14(17)16-12-6-4-11(5-7-12)15(18)19-2/h3-8H,9H2,1-2H3,(H,16,17). The summed E-state index contributed by atoms with van der Waals surface area (Å²) in [4.78, 5) is 25.4. The van der Waals surface area contributed by atoms with Crippen LogP contribution in [0, 0.1) is 6.92 Å². The fourth-order valence-electron chi connectivity index (χ4n) is 1.75. The average molecular weight is 289 g/mol. The Labute approximate surface area is 121 Å². The normalized spacial score (nSPS) is 10.1. The Bertz CT molecular complexity index is 616. The lowest BCUT2D eigenvalue weighted by atomic mass is 10.2. The lowest BCUT2D eigenvalue weighted by Crippen LogP contribution is -2.13. The summed E-state index contributed by atoms with van der Waals surface area (Å²) in [6, 6.07) is 10.6. The molecule has 0 aliphatic heterocycles. The second kappa shape index (κ2) is 6.34. The van der Waals surface area contributed by atoms with E-state index in [9.17, 15) is 9.59 Å². The molecule has 1 aromatic carbocycles. The van der Waals surface area contributed by atoms with Gasteiger partial charge in [0.15, 0.2) is 0 Å². The van der Waals surface area contributed by atoms with Gasteiger partial charge in [0.1, 0.15) is 0 Å². The van der Waals surface area contributed by atoms with Crippen molar-refractivity contribution in [2.45, 2.75) is 13.3 Å². The van der Waals surface area contributed by atoms with Crippen LogP contribution >= 0.6 is 11.3 Å². The highest BCUT2D eigenvalue weighted by Crippen LogP contribution is 2.16. The molecule has 1 N–H and O–H groups in total. The summed E-state index contributed by atoms with van der Waals surface area (Å²) < 4.78 is 4.61. The van der Waals surface area contributed by atoms with Gasteiger partial charge in [-0.15, -0.1) is 11.3 Å². The van der Waals surface area contributed by atoms with E-state index in [-0.39, 0.29) is 5.91 Å². The number of methoxy groups -OCH3 is 1. The zero-order valence-corrected chi connectivity index (χ0v) is 12.1. The first-order valence-electron chi connectivity index (χ1n) is 6.12. The van der Waals surface area contributed by atoms with E-state index < -0.39 is 5.97 Å². The topological polar surface area (TPSA) is 55.4 Å². The molecular weight excluding hydrogens is 274 g/mol. The number of hydrogen-bond donors (Lipinski definition) is 1. The summed E-state index contributed by atoms with van der Waals surface area (Å²) in [5, 5.41) is 2.80. The molecule has 0 fully saturated rings. The van der Waals surface area contributed by atoms with Crippen molar-refractivity contribution in [3.63, 3.8) is 0 Å². The van der Waals surface area contributed by atoms with Crippen LogP contribution in [0.5, 0.6) is 0 Å². The SMILES string of the molecule is COC(=O)c1ccc(NC(=O)Cc2ccc(C)s2)cc1. The van der Waals surface area contributed by atoms with Gasteiger partial charge in [0.25, 0.3) is 0 Å². The summed E-state index contributed by atoms with van der Waals surface area (Å²) in [5.41, 5.74) is 1.12. The second-order valence-electron chi connectivity index (χ2n) is 4.31. The van der Waals surface area contributed by atoms with E-state index in [0.29, 0.717) is 17.7 Å². The predicted molar refractivity (Wildman–Crippen MR) is 79.2 cm³/mol. The van der Waals surface area contributed by atoms with Crippen LogP contribution in [0.1, 0.15) is 20.1 Å². The summed E-state index contributed by atoms with van der Waals surface area (Å²) in [6.45, 7) is 2.01. The van der Waals surface area contributed by atoms with Crippen LogP contribution in [-0.2, 0) is 16.0 Å². The van der Waals surface area contributed by atoms with Crippen LogP contribution in [0.25, 0.3) is 0 Å². The maximum absolute atomic E-state index is 11.9. The molecule has 1 heterocycles. The number of carbonyl (C=O) groups is 2. The van der Waals surface area contributed by atoms with E-state index in [2.05, 4.69) is 10.1 Å². The minimum atomic E-state index is -0.392. The fourth-order valence-corrected chi connectivity index (χ4v) is 2.64. The molecule has 0 unspecified atom stereocenters. The zero-order chi connectivity index (χ0) is 14.5. The average Bonchev–Trinajstić information content (AvgIpc) is 2.84. The maximum atomic E-state index is 11.9. The van der Waals surface area contributed by atoms with Crippen molar-refractivity contribution < 1.29 is 14.3 Å². The third kappa shape index (κ3) is 3.68. The van der Waals surface area contributed by atoms with Crippen LogP contribution < -0.4 is 5.32 Å². The molecule has 4 nitrogen and oxygen atoms in total. The Balaban J connectivity index is 1.96. The molecular formula is C15H15NO3S. The highest BCUT2D eigenvalue weighted by atomic mass is 32.1. The van der Waals surface area contributed by atoms with Gasteiger partial charge >= 0.3 is 5.97 Å². The minimum absolute atomic E-state index is 0.0716. The van der Waals surface area contributed by atoms with Crippen molar-refractivity contribution in [3.05, 3.63) is 51.7 Å². The van der Waals surface area contributed by atoms with Crippen molar-refractivity contribution in [1.29, 1.82) is 0 Å². The number of anilines is 1. The van der Waals surface area contributed by atoms with Gasteiger partial charge in [-0.2, -0.15) is 0 Å². The Morgan fingerprint density at radius 1 is 1.15 bits per heavy atom. The molecule has 0 bridgehead atoms. The van der Waals surface area contributed by atoms with Gasteiger partial charge in [-0.3, -0.25) is 4.79 Å². The molecule has 1 aromatic heterocycles. The van der Waals surface area contributed by atoms with Crippen molar-refractivity contribution >= 4 is 28.9 Å². The number of carbonyl (C=O) groups excluding carboxylic acids is 2. The lowest BCUT2D eigenvalue weighted by Gasteiger charge is -2.05. The van der Waals surface area contributed by atoms with Crippen LogP contribution in [-0.4, -0.2) is 19.0 Å². The second-order valence-corrected chi connectivity index (χ2v) is 5.68. The van der Waals surface area contributed by atoms with E-state index in [1.807, 2.05) is 19.1 Å². The number of rotatable bonds is 4. The number of hydrogen-bond acceptors (Lipinski definition) is 4. The van der Waals surface area contributed by atoms with Crippen LogP contribution in [0.3, 0.4) is 0 Å². The number of nitrogens with one attached hydrogen (secondary N) is 1. The van der Waals surface area contributed by atoms with Crippen LogP contribution in [0.2, 0.25) is 0 Å². The van der Waals surface area contributed by atoms with E-state index in [4.69, 9.17) is 0 Å². The monoisotopic (exact) mass is 289 g/mol. The van der Waals surface area contributed by atoms with E-state index in [1.165, 1.54) is 12.0 Å². The van der Waals surface area contributed by atoms with Gasteiger partial charge in [0, 0.05) is 15.4 Å². The number of ether oxygens (including phenoxy) is 1. The van der Waals surface area contributed by atoms with Crippen molar-refractivity contribution in [2.75, 3.05) is 12.4 Å². The van der Waals surface area contributed by atoms with Gasteiger partial charge in [0.05, 0.1) is 19.1 Å². The molecule has 0 saturated heterocycles. The molecule has 0 spiro atoms. The van der Waals surface area contributed by atoms with E-state index in [0.717, 1.165) is 4.88 Å². The quantitative estimate of drug-likeness (QED) is 0.880. The highest BCUT2D eigenvalue weighted by Gasteiger charge is 2.08. The molecule has 5 heteroatoms. The Hall–Kier alpha value is -2.14. The Morgan fingerprint density at radius 2 is 1.85 bits per heavy atom. The highest BCUT2D eigenvalue weighted by molar-refractivity contribution is 7.12. The van der Waals surface area contributed by atoms with Gasteiger partial charge < -0.3 is 10.1 Å². The molecule has 0 aliphatic carbocycles. The van der Waals surface area contributed by atoms with Crippen molar-refractivity contribution in [3.8, 4) is 0 Å². The van der Waals surface area contributed by atoms with Gasteiger partial charge in [-0.1, -0.05) is 0 Å². The summed E-state index contributed by atoms with van der Waals surface area (Å²) >= 11 is 1.61.